The zero-order valence-electron chi connectivity index (χ0n) is 14.6. The second kappa shape index (κ2) is 8.42. The van der Waals surface area contributed by atoms with Crippen molar-refractivity contribution in [3.63, 3.8) is 0 Å². The second-order valence-corrected chi connectivity index (χ2v) is 9.00. The van der Waals surface area contributed by atoms with Crippen molar-refractivity contribution in [3.05, 3.63) is 29.3 Å². The van der Waals surface area contributed by atoms with Gasteiger partial charge in [-0.05, 0) is 37.1 Å². The average Bonchev–Trinajstić information content (AvgIpc) is 3.25. The number of nitrogens with one attached hydrogen (secondary N) is 1. The number of carbonyl (C=O) groups excluding carboxylic acids is 1. The number of aliphatic hydroxyl groups excluding tert-OH is 2. The van der Waals surface area contributed by atoms with Crippen molar-refractivity contribution in [2.24, 2.45) is 0 Å². The minimum Gasteiger partial charge on any atom is -0.388 e. The van der Waals surface area contributed by atoms with Crippen LogP contribution in [-0.2, 0) is 19.6 Å². The van der Waals surface area contributed by atoms with E-state index in [1.54, 1.807) is 4.90 Å². The Hall–Kier alpha value is -1.23. The molecule has 0 saturated carbocycles. The Kier molecular flexibility index (Phi) is 6.39. The fourth-order valence-electron chi connectivity index (χ4n) is 3.32. The van der Waals surface area contributed by atoms with E-state index in [9.17, 15) is 23.4 Å². The summed E-state index contributed by atoms with van der Waals surface area (Å²) in [5.41, 5.74) is 0. The highest BCUT2D eigenvalue weighted by molar-refractivity contribution is 7.89. The Bertz CT molecular complexity index is 766. The molecule has 3 N–H and O–H groups in total. The Morgan fingerprint density at radius 3 is 2.37 bits per heavy atom. The van der Waals surface area contributed by atoms with Gasteiger partial charge < -0.3 is 19.8 Å². The molecule has 2 aliphatic heterocycles. The van der Waals surface area contributed by atoms with Crippen molar-refractivity contribution in [3.8, 4) is 0 Å². The summed E-state index contributed by atoms with van der Waals surface area (Å²) in [5.74, 6) is -0.133. The molecule has 0 spiro atoms. The molecule has 0 radical (unpaired) electrons. The van der Waals surface area contributed by atoms with E-state index >= 15 is 0 Å². The summed E-state index contributed by atoms with van der Waals surface area (Å²) in [7, 11) is -3.82. The van der Waals surface area contributed by atoms with Gasteiger partial charge in [0.25, 0.3) is 0 Å². The van der Waals surface area contributed by atoms with Crippen molar-refractivity contribution in [1.29, 1.82) is 0 Å². The first-order valence-electron chi connectivity index (χ1n) is 8.82. The molecule has 1 aromatic rings. The summed E-state index contributed by atoms with van der Waals surface area (Å²) in [6.07, 6.45) is -2.47. The molecule has 2 saturated heterocycles. The first-order chi connectivity index (χ1) is 12.8. The van der Waals surface area contributed by atoms with Crippen LogP contribution in [0.1, 0.15) is 19.3 Å². The molecule has 0 aliphatic carbocycles. The molecule has 3 rings (SSSR count). The second-order valence-electron chi connectivity index (χ2n) is 6.79. The van der Waals surface area contributed by atoms with E-state index in [0.717, 1.165) is 12.8 Å². The number of hydrogen-bond donors (Lipinski definition) is 3. The van der Waals surface area contributed by atoms with Crippen molar-refractivity contribution in [2.75, 3.05) is 19.6 Å². The maximum Gasteiger partial charge on any atom is 0.240 e. The fourth-order valence-corrected chi connectivity index (χ4v) is 4.49. The van der Waals surface area contributed by atoms with Gasteiger partial charge in [-0.1, -0.05) is 11.6 Å². The van der Waals surface area contributed by atoms with E-state index in [0.29, 0.717) is 18.1 Å². The molecule has 10 heteroatoms. The number of amides is 1. The number of ether oxygens (including phenoxy) is 1. The maximum atomic E-state index is 12.3. The summed E-state index contributed by atoms with van der Waals surface area (Å²) in [5, 5.41) is 20.7. The molecular weight excluding hydrogens is 396 g/mol. The molecular formula is C17H23ClN2O6S. The lowest BCUT2D eigenvalue weighted by Gasteiger charge is -2.19. The molecule has 0 unspecified atom stereocenters. The van der Waals surface area contributed by atoms with E-state index in [-0.39, 0.29) is 23.8 Å². The lowest BCUT2D eigenvalue weighted by molar-refractivity contribution is -0.134. The van der Waals surface area contributed by atoms with E-state index in [1.165, 1.54) is 24.3 Å². The Labute approximate surface area is 163 Å². The van der Waals surface area contributed by atoms with E-state index in [4.69, 9.17) is 16.3 Å². The smallest absolute Gasteiger partial charge is 0.240 e. The molecule has 150 valence electrons. The van der Waals surface area contributed by atoms with Gasteiger partial charge in [0.1, 0.15) is 18.3 Å². The van der Waals surface area contributed by atoms with Crippen LogP contribution in [0.2, 0.25) is 5.02 Å². The molecule has 1 aromatic carbocycles. The molecule has 27 heavy (non-hydrogen) atoms. The van der Waals surface area contributed by atoms with Gasteiger partial charge >= 0.3 is 0 Å². The molecule has 4 atom stereocenters. The van der Waals surface area contributed by atoms with Crippen LogP contribution in [0.15, 0.2) is 29.2 Å². The fraction of sp³-hybridized carbons (Fsp3) is 0.588. The number of halogens is 1. The Balaban J connectivity index is 1.57. The molecule has 8 nitrogen and oxygen atoms in total. The van der Waals surface area contributed by atoms with Crippen LogP contribution >= 0.6 is 11.6 Å². The predicted octanol–water partition coefficient (Wildman–Crippen LogP) is 0.120. The van der Waals surface area contributed by atoms with E-state index in [1.807, 2.05) is 0 Å². The number of benzene rings is 1. The number of aliphatic hydroxyl groups is 2. The number of rotatable bonds is 6. The standard InChI is InChI=1S/C17H23ClN2O6S/c18-11-3-5-12(6-4-11)27(24,25)19-10-14-17(23)16(22)13(26-14)9-15(21)20-7-1-2-8-20/h3-6,13-14,16-17,19,22-23H,1-2,7-10H2/t13-,14+,16-,17+/m0/s1. The normalized spacial score (nSPS) is 28.6. The third kappa shape index (κ3) is 4.79. The van der Waals surface area contributed by atoms with Gasteiger partial charge in [-0.15, -0.1) is 0 Å². The van der Waals surface area contributed by atoms with Crippen LogP contribution < -0.4 is 4.72 Å². The summed E-state index contributed by atoms with van der Waals surface area (Å²) < 4.78 is 32.5. The SMILES string of the molecule is O=C(C[C@@H]1O[C@H](CNS(=O)(=O)c2ccc(Cl)cc2)[C@@H](O)[C@H]1O)N1CCCC1. The van der Waals surface area contributed by atoms with Gasteiger partial charge in [-0.3, -0.25) is 4.79 Å². The maximum absolute atomic E-state index is 12.3. The van der Waals surface area contributed by atoms with Crippen LogP contribution in [0.4, 0.5) is 0 Å². The summed E-state index contributed by atoms with van der Waals surface area (Å²) in [6.45, 7) is 1.15. The lowest BCUT2D eigenvalue weighted by Crippen LogP contribution is -2.40. The zero-order chi connectivity index (χ0) is 19.6. The van der Waals surface area contributed by atoms with Gasteiger partial charge in [0.15, 0.2) is 0 Å². The third-order valence-corrected chi connectivity index (χ3v) is 6.59. The Morgan fingerprint density at radius 2 is 1.74 bits per heavy atom. The van der Waals surface area contributed by atoms with E-state index in [2.05, 4.69) is 4.72 Å². The highest BCUT2D eigenvalue weighted by Gasteiger charge is 2.44. The summed E-state index contributed by atoms with van der Waals surface area (Å²) in [6, 6.07) is 5.65. The van der Waals surface area contributed by atoms with Gasteiger partial charge in [-0.2, -0.15) is 0 Å². The first-order valence-corrected chi connectivity index (χ1v) is 10.7. The Morgan fingerprint density at radius 1 is 1.15 bits per heavy atom. The van der Waals surface area contributed by atoms with Crippen molar-refractivity contribution >= 4 is 27.5 Å². The van der Waals surface area contributed by atoms with Gasteiger partial charge in [0, 0.05) is 24.7 Å². The molecule has 2 fully saturated rings. The van der Waals surface area contributed by atoms with Crippen molar-refractivity contribution in [2.45, 2.75) is 48.6 Å². The topological polar surface area (TPSA) is 116 Å². The van der Waals surface area contributed by atoms with Crippen LogP contribution in [0, 0.1) is 0 Å². The van der Waals surface area contributed by atoms with Gasteiger partial charge in [0.05, 0.1) is 17.4 Å². The van der Waals surface area contributed by atoms with Crippen LogP contribution in [0.25, 0.3) is 0 Å². The minimum absolute atomic E-state index is 0.0284. The lowest BCUT2D eigenvalue weighted by atomic mass is 10.1. The first kappa shape index (κ1) is 20.5. The third-order valence-electron chi connectivity index (χ3n) is 4.89. The number of nitrogens with zero attached hydrogens (tertiary/aromatic N) is 1. The van der Waals surface area contributed by atoms with Crippen molar-refractivity contribution < 1.29 is 28.2 Å². The van der Waals surface area contributed by atoms with Crippen molar-refractivity contribution in [1.82, 2.24) is 9.62 Å². The number of hydrogen-bond acceptors (Lipinski definition) is 6. The zero-order valence-corrected chi connectivity index (χ0v) is 16.2. The monoisotopic (exact) mass is 418 g/mol. The molecule has 0 aromatic heterocycles. The molecule has 0 bridgehead atoms. The highest BCUT2D eigenvalue weighted by Crippen LogP contribution is 2.25. The quantitative estimate of drug-likeness (QED) is 0.604. The molecule has 2 heterocycles. The number of carbonyl (C=O) groups is 1. The highest BCUT2D eigenvalue weighted by atomic mass is 35.5. The van der Waals surface area contributed by atoms with Gasteiger partial charge in [-0.25, -0.2) is 13.1 Å². The summed E-state index contributed by atoms with van der Waals surface area (Å²) >= 11 is 5.76. The van der Waals surface area contributed by atoms with Crippen LogP contribution in [0.5, 0.6) is 0 Å². The van der Waals surface area contributed by atoms with Gasteiger partial charge in [0.2, 0.25) is 15.9 Å². The largest absolute Gasteiger partial charge is 0.388 e. The molecule has 2 aliphatic rings. The number of sulfonamides is 1. The summed E-state index contributed by atoms with van der Waals surface area (Å²) in [4.78, 5) is 14.0. The van der Waals surface area contributed by atoms with Crippen LogP contribution in [0.3, 0.4) is 0 Å². The number of likely N-dealkylation sites (tertiary alicyclic amines) is 1. The molecule has 1 amide bonds. The predicted molar refractivity (Wildman–Crippen MR) is 97.7 cm³/mol. The van der Waals surface area contributed by atoms with E-state index < -0.39 is 34.4 Å². The minimum atomic E-state index is -3.82. The van der Waals surface area contributed by atoms with Crippen LogP contribution in [-0.4, -0.2) is 73.5 Å². The average molecular weight is 419 g/mol.